The molecule has 0 bridgehead atoms. The van der Waals surface area contributed by atoms with E-state index in [-0.39, 0.29) is 37.3 Å². The largest absolute Gasteiger partial charge is 0.474 e. The van der Waals surface area contributed by atoms with E-state index in [9.17, 15) is 19.5 Å². The molecule has 0 spiro atoms. The molecule has 3 amide bonds. The molecule has 2 N–H and O–H groups in total. The number of aromatic nitrogens is 2. The number of nitrogens with zero attached hydrogens (tertiary/aromatic N) is 4. The third kappa shape index (κ3) is 7.66. The molecule has 2 heterocycles. The highest BCUT2D eigenvalue weighted by atomic mass is 16.6. The van der Waals surface area contributed by atoms with Crippen LogP contribution in [-0.4, -0.2) is 94.3 Å². The minimum Gasteiger partial charge on any atom is -0.474 e. The molecule has 4 rings (SSSR count). The molecule has 1 saturated heterocycles. The minimum atomic E-state index is -0.854. The third-order valence-corrected chi connectivity index (χ3v) is 6.93. The molecular formula is C28H37N5O6. The van der Waals surface area contributed by atoms with Gasteiger partial charge in [0.25, 0.3) is 5.91 Å². The minimum absolute atomic E-state index is 0.0478. The molecule has 11 heteroatoms. The van der Waals surface area contributed by atoms with Crippen LogP contribution in [0.15, 0.2) is 36.4 Å². The van der Waals surface area contributed by atoms with E-state index in [1.54, 1.807) is 16.7 Å². The monoisotopic (exact) mass is 539 g/mol. The highest BCUT2D eigenvalue weighted by molar-refractivity contribution is 5.96. The first-order chi connectivity index (χ1) is 19.0. The van der Waals surface area contributed by atoms with Gasteiger partial charge in [0.05, 0.1) is 6.61 Å². The lowest BCUT2D eigenvalue weighted by molar-refractivity contribution is -0.135. The number of aliphatic hydroxyl groups excluding tert-OH is 1. The van der Waals surface area contributed by atoms with Crippen molar-refractivity contribution in [1.29, 1.82) is 0 Å². The number of ether oxygens (including phenoxy) is 2. The second-order valence-electron chi connectivity index (χ2n) is 9.71. The second-order valence-corrected chi connectivity index (χ2v) is 9.71. The van der Waals surface area contributed by atoms with Crippen LogP contribution in [0, 0.1) is 0 Å². The number of amides is 3. The Hall–Kier alpha value is -3.73. The smallest absolute Gasteiger partial charge is 0.409 e. The first kappa shape index (κ1) is 28.3. The van der Waals surface area contributed by atoms with Gasteiger partial charge in [-0.2, -0.15) is 4.98 Å². The summed E-state index contributed by atoms with van der Waals surface area (Å²) in [7, 11) is 0. The molecule has 39 heavy (non-hydrogen) atoms. The lowest BCUT2D eigenvalue weighted by Gasteiger charge is -2.36. The van der Waals surface area contributed by atoms with E-state index < -0.39 is 18.0 Å². The third-order valence-electron chi connectivity index (χ3n) is 6.93. The van der Waals surface area contributed by atoms with Gasteiger partial charge in [0.1, 0.15) is 17.8 Å². The molecule has 1 atom stereocenters. The Labute approximate surface area is 228 Å². The molecule has 1 aliphatic heterocycles. The average Bonchev–Trinajstić information content (AvgIpc) is 3.48. The second kappa shape index (κ2) is 13.9. The summed E-state index contributed by atoms with van der Waals surface area (Å²) in [6, 6.07) is 10.0. The number of hydrogen-bond acceptors (Lipinski definition) is 8. The summed E-state index contributed by atoms with van der Waals surface area (Å²) in [5.74, 6) is -0.0915. The summed E-state index contributed by atoms with van der Waals surface area (Å²) < 4.78 is 11.2. The molecule has 1 aromatic carbocycles. The van der Waals surface area contributed by atoms with Crippen LogP contribution < -0.4 is 10.1 Å². The van der Waals surface area contributed by atoms with Crippen LogP contribution in [0.5, 0.6) is 5.88 Å². The lowest BCUT2D eigenvalue weighted by Crippen LogP contribution is -2.56. The number of hydrogen-bond donors (Lipinski definition) is 2. The van der Waals surface area contributed by atoms with Crippen LogP contribution >= 0.6 is 0 Å². The van der Waals surface area contributed by atoms with Crippen LogP contribution in [-0.2, 0) is 9.53 Å². The van der Waals surface area contributed by atoms with Crippen molar-refractivity contribution in [3.63, 3.8) is 0 Å². The molecule has 2 aliphatic rings. The normalized spacial score (nSPS) is 16.6. The molecule has 2 aromatic rings. The summed E-state index contributed by atoms with van der Waals surface area (Å²) in [5.41, 5.74) is 0.849. The first-order valence-electron chi connectivity index (χ1n) is 13.7. The van der Waals surface area contributed by atoms with E-state index in [2.05, 4.69) is 15.3 Å². The Balaban J connectivity index is 1.50. The van der Waals surface area contributed by atoms with Gasteiger partial charge in [-0.25, -0.2) is 9.78 Å². The number of carbonyl (C=O) groups is 3. The highest BCUT2D eigenvalue weighted by Gasteiger charge is 2.31. The lowest BCUT2D eigenvalue weighted by atomic mass is 10.1. The average molecular weight is 540 g/mol. The Morgan fingerprint density at radius 1 is 1.05 bits per heavy atom. The maximum Gasteiger partial charge on any atom is 0.409 e. The molecule has 0 unspecified atom stereocenters. The summed E-state index contributed by atoms with van der Waals surface area (Å²) in [6.45, 7) is 3.27. The Morgan fingerprint density at radius 2 is 1.74 bits per heavy atom. The number of nitrogens with one attached hydrogen (secondary N) is 1. The zero-order valence-corrected chi connectivity index (χ0v) is 22.4. The fourth-order valence-corrected chi connectivity index (χ4v) is 4.82. The van der Waals surface area contributed by atoms with Crippen molar-refractivity contribution in [2.24, 2.45) is 0 Å². The van der Waals surface area contributed by atoms with Crippen molar-refractivity contribution >= 4 is 17.9 Å². The summed E-state index contributed by atoms with van der Waals surface area (Å²) in [4.78, 5) is 51.1. The van der Waals surface area contributed by atoms with Crippen molar-refractivity contribution in [2.45, 2.75) is 57.6 Å². The van der Waals surface area contributed by atoms with Gasteiger partial charge < -0.3 is 29.7 Å². The van der Waals surface area contributed by atoms with Gasteiger partial charge >= 0.3 is 6.09 Å². The number of rotatable bonds is 10. The van der Waals surface area contributed by atoms with Crippen molar-refractivity contribution in [2.75, 3.05) is 39.4 Å². The molecular weight excluding hydrogens is 502 g/mol. The van der Waals surface area contributed by atoms with Crippen LogP contribution in [0.25, 0.3) is 11.4 Å². The molecule has 210 valence electrons. The van der Waals surface area contributed by atoms with Crippen molar-refractivity contribution in [1.82, 2.24) is 25.1 Å². The molecule has 2 fully saturated rings. The van der Waals surface area contributed by atoms with Crippen molar-refractivity contribution in [3.05, 3.63) is 42.1 Å². The van der Waals surface area contributed by atoms with Gasteiger partial charge in [0.15, 0.2) is 5.82 Å². The summed E-state index contributed by atoms with van der Waals surface area (Å²) >= 11 is 0. The van der Waals surface area contributed by atoms with Crippen LogP contribution in [0.1, 0.15) is 55.9 Å². The van der Waals surface area contributed by atoms with Crippen molar-refractivity contribution < 1.29 is 29.0 Å². The zero-order valence-electron chi connectivity index (χ0n) is 22.4. The maximum absolute atomic E-state index is 13.4. The molecule has 1 aliphatic carbocycles. The fraction of sp³-hybridized carbons (Fsp3) is 0.536. The molecule has 0 radical (unpaired) electrons. The molecule has 1 saturated carbocycles. The van der Waals surface area contributed by atoms with E-state index in [1.807, 2.05) is 30.3 Å². The first-order valence-corrected chi connectivity index (χ1v) is 13.7. The van der Waals surface area contributed by atoms with Crippen molar-refractivity contribution in [3.8, 4) is 17.3 Å². The van der Waals surface area contributed by atoms with E-state index in [0.717, 1.165) is 31.2 Å². The van der Waals surface area contributed by atoms with E-state index in [0.29, 0.717) is 44.3 Å². The van der Waals surface area contributed by atoms with E-state index in [1.165, 1.54) is 6.07 Å². The van der Waals surface area contributed by atoms with Gasteiger partial charge in [0, 0.05) is 44.4 Å². The molecule has 11 nitrogen and oxygen atoms in total. The van der Waals surface area contributed by atoms with Crippen LogP contribution in [0.4, 0.5) is 4.79 Å². The number of piperazine rings is 1. The van der Waals surface area contributed by atoms with Gasteiger partial charge in [-0.05, 0) is 45.4 Å². The van der Waals surface area contributed by atoms with Gasteiger partial charge in [-0.1, -0.05) is 30.3 Å². The van der Waals surface area contributed by atoms with Crippen LogP contribution in [0.3, 0.4) is 0 Å². The zero-order chi connectivity index (χ0) is 27.6. The Kier molecular flexibility index (Phi) is 10.1. The van der Waals surface area contributed by atoms with Gasteiger partial charge in [0.2, 0.25) is 11.8 Å². The summed E-state index contributed by atoms with van der Waals surface area (Å²) in [5, 5.41) is 12.2. The highest BCUT2D eigenvalue weighted by Crippen LogP contribution is 2.25. The van der Waals surface area contributed by atoms with Crippen LogP contribution in [0.2, 0.25) is 0 Å². The SMILES string of the molecule is CCOC(=O)N1CCN(C(=O)[C@H](CCCO)NC(=O)c2cc(OC3CCCC3)nc(-c3ccccc3)n2)CC1. The van der Waals surface area contributed by atoms with E-state index in [4.69, 9.17) is 9.47 Å². The maximum atomic E-state index is 13.4. The number of benzene rings is 1. The Bertz CT molecular complexity index is 1120. The number of carbonyl (C=O) groups excluding carboxylic acids is 3. The topological polar surface area (TPSA) is 134 Å². The predicted octanol–water partition coefficient (Wildman–Crippen LogP) is 2.64. The van der Waals surface area contributed by atoms with Gasteiger partial charge in [-0.3, -0.25) is 9.59 Å². The number of aliphatic hydroxyl groups is 1. The summed E-state index contributed by atoms with van der Waals surface area (Å²) in [6.07, 6.45) is 4.32. The fourth-order valence-electron chi connectivity index (χ4n) is 4.82. The quantitative estimate of drug-likeness (QED) is 0.471. The Morgan fingerprint density at radius 3 is 2.41 bits per heavy atom. The molecule has 1 aromatic heterocycles. The predicted molar refractivity (Wildman–Crippen MR) is 143 cm³/mol. The van der Waals surface area contributed by atoms with E-state index >= 15 is 0 Å². The standard InChI is InChI=1S/C28H37N5O6/c1-2-38-28(37)33-16-14-32(15-17-33)27(36)22(13-8-18-34)30-26(35)23-19-24(39-21-11-6-7-12-21)31-25(29-23)20-9-4-3-5-10-20/h3-5,9-10,19,21-22,34H,2,6-8,11-18H2,1H3,(H,30,35)/t22-/m0/s1. The van der Waals surface area contributed by atoms with Gasteiger partial charge in [-0.15, -0.1) is 0 Å².